The van der Waals surface area contributed by atoms with Crippen LogP contribution in [0, 0.1) is 5.82 Å². The summed E-state index contributed by atoms with van der Waals surface area (Å²) in [4.78, 5) is 0. The van der Waals surface area contributed by atoms with Crippen molar-refractivity contribution < 1.29 is 9.13 Å². The molecule has 0 radical (unpaired) electrons. The standard InChI is InChI=1S/C14H23FN2O/c1-4-18-13-6-5-11(9-12(13)15)7-8-17-10-14(2,3)16/h5-6,9,17H,4,7-8,10,16H2,1-3H3. The average Bonchev–Trinajstić information content (AvgIpc) is 2.27. The van der Waals surface area contributed by atoms with Gasteiger partial charge in [0.15, 0.2) is 11.6 Å². The quantitative estimate of drug-likeness (QED) is 0.732. The number of ether oxygens (including phenoxy) is 1. The zero-order valence-corrected chi connectivity index (χ0v) is 11.4. The second kappa shape index (κ2) is 6.71. The highest BCUT2D eigenvalue weighted by Gasteiger charge is 2.09. The fourth-order valence-corrected chi connectivity index (χ4v) is 1.62. The second-order valence-corrected chi connectivity index (χ2v) is 5.11. The van der Waals surface area contributed by atoms with E-state index in [9.17, 15) is 4.39 Å². The van der Waals surface area contributed by atoms with Crippen molar-refractivity contribution in [1.82, 2.24) is 5.32 Å². The number of hydrogen-bond acceptors (Lipinski definition) is 3. The minimum absolute atomic E-state index is 0.218. The van der Waals surface area contributed by atoms with Crippen molar-refractivity contribution in [3.05, 3.63) is 29.6 Å². The van der Waals surface area contributed by atoms with E-state index >= 15 is 0 Å². The van der Waals surface area contributed by atoms with E-state index in [0.29, 0.717) is 12.4 Å². The monoisotopic (exact) mass is 254 g/mol. The summed E-state index contributed by atoms with van der Waals surface area (Å²) in [5.41, 5.74) is 6.59. The van der Waals surface area contributed by atoms with Crippen LogP contribution in [0.25, 0.3) is 0 Å². The lowest BCUT2D eigenvalue weighted by atomic mass is 10.1. The summed E-state index contributed by atoms with van der Waals surface area (Å²) < 4.78 is 18.7. The molecule has 102 valence electrons. The second-order valence-electron chi connectivity index (χ2n) is 5.11. The molecule has 0 fully saturated rings. The van der Waals surface area contributed by atoms with Crippen LogP contribution in [0.4, 0.5) is 4.39 Å². The third-order valence-electron chi connectivity index (χ3n) is 2.47. The number of halogens is 1. The Hall–Kier alpha value is -1.13. The molecule has 1 rings (SSSR count). The minimum atomic E-state index is -0.298. The molecule has 0 aliphatic carbocycles. The molecule has 0 spiro atoms. The van der Waals surface area contributed by atoms with Gasteiger partial charge in [-0.25, -0.2) is 4.39 Å². The van der Waals surface area contributed by atoms with Crippen LogP contribution in [0.15, 0.2) is 18.2 Å². The Morgan fingerprint density at radius 3 is 2.67 bits per heavy atom. The van der Waals surface area contributed by atoms with Crippen molar-refractivity contribution in [3.8, 4) is 5.75 Å². The van der Waals surface area contributed by atoms with E-state index in [1.165, 1.54) is 6.07 Å². The van der Waals surface area contributed by atoms with E-state index in [0.717, 1.165) is 25.1 Å². The molecule has 0 atom stereocenters. The van der Waals surface area contributed by atoms with Gasteiger partial charge in [-0.1, -0.05) is 6.07 Å². The van der Waals surface area contributed by atoms with Gasteiger partial charge in [-0.15, -0.1) is 0 Å². The van der Waals surface area contributed by atoms with Crippen molar-refractivity contribution in [3.63, 3.8) is 0 Å². The molecule has 1 aromatic rings. The van der Waals surface area contributed by atoms with Crippen molar-refractivity contribution in [2.45, 2.75) is 32.7 Å². The molecular weight excluding hydrogens is 231 g/mol. The van der Waals surface area contributed by atoms with Crippen molar-refractivity contribution in [1.29, 1.82) is 0 Å². The molecule has 3 nitrogen and oxygen atoms in total. The third kappa shape index (κ3) is 5.47. The molecule has 1 aromatic carbocycles. The number of benzene rings is 1. The number of rotatable bonds is 7. The van der Waals surface area contributed by atoms with E-state index in [2.05, 4.69) is 5.32 Å². The summed E-state index contributed by atoms with van der Waals surface area (Å²) >= 11 is 0. The van der Waals surface area contributed by atoms with Gasteiger partial charge < -0.3 is 15.8 Å². The van der Waals surface area contributed by atoms with Crippen LogP contribution in [0.1, 0.15) is 26.3 Å². The summed E-state index contributed by atoms with van der Waals surface area (Å²) in [7, 11) is 0. The highest BCUT2D eigenvalue weighted by molar-refractivity contribution is 5.29. The molecule has 0 aliphatic heterocycles. The molecule has 0 heterocycles. The zero-order valence-electron chi connectivity index (χ0n) is 11.4. The summed E-state index contributed by atoms with van der Waals surface area (Å²) in [6, 6.07) is 5.10. The molecule has 18 heavy (non-hydrogen) atoms. The summed E-state index contributed by atoms with van der Waals surface area (Å²) in [5, 5.41) is 3.25. The lowest BCUT2D eigenvalue weighted by Crippen LogP contribution is -2.43. The van der Waals surface area contributed by atoms with Gasteiger partial charge >= 0.3 is 0 Å². The zero-order chi connectivity index (χ0) is 13.6. The van der Waals surface area contributed by atoms with Gasteiger partial charge in [-0.3, -0.25) is 0 Å². The molecular formula is C14H23FN2O. The van der Waals surface area contributed by atoms with Crippen molar-refractivity contribution in [2.24, 2.45) is 5.73 Å². The van der Waals surface area contributed by atoms with Gasteiger partial charge in [-0.05, 0) is 51.4 Å². The van der Waals surface area contributed by atoms with Crippen LogP contribution in [-0.2, 0) is 6.42 Å². The lowest BCUT2D eigenvalue weighted by molar-refractivity contribution is 0.321. The topological polar surface area (TPSA) is 47.3 Å². The fourth-order valence-electron chi connectivity index (χ4n) is 1.62. The Labute approximate surface area is 109 Å². The van der Waals surface area contributed by atoms with Crippen LogP contribution in [0.3, 0.4) is 0 Å². The first-order valence-corrected chi connectivity index (χ1v) is 6.33. The van der Waals surface area contributed by atoms with Crippen LogP contribution in [-0.4, -0.2) is 25.2 Å². The van der Waals surface area contributed by atoms with E-state index in [4.69, 9.17) is 10.5 Å². The summed E-state index contributed by atoms with van der Waals surface area (Å²) in [6.45, 7) is 7.78. The largest absolute Gasteiger partial charge is 0.491 e. The first kappa shape index (κ1) is 14.9. The van der Waals surface area contributed by atoms with E-state index < -0.39 is 0 Å². The average molecular weight is 254 g/mol. The van der Waals surface area contributed by atoms with Crippen LogP contribution < -0.4 is 15.8 Å². The van der Waals surface area contributed by atoms with Crippen molar-refractivity contribution in [2.75, 3.05) is 19.7 Å². The molecule has 0 saturated heterocycles. The van der Waals surface area contributed by atoms with E-state index in [1.807, 2.05) is 26.8 Å². The predicted molar refractivity (Wildman–Crippen MR) is 72.4 cm³/mol. The Bertz CT molecular complexity index is 375. The fraction of sp³-hybridized carbons (Fsp3) is 0.571. The molecule has 4 heteroatoms. The van der Waals surface area contributed by atoms with Crippen LogP contribution in [0.5, 0.6) is 5.75 Å². The van der Waals surface area contributed by atoms with Gasteiger partial charge in [0.1, 0.15) is 0 Å². The molecule has 0 amide bonds. The first-order valence-electron chi connectivity index (χ1n) is 6.33. The molecule has 0 aliphatic rings. The smallest absolute Gasteiger partial charge is 0.165 e. The third-order valence-corrected chi connectivity index (χ3v) is 2.47. The lowest BCUT2D eigenvalue weighted by Gasteiger charge is -2.18. The number of hydrogen-bond donors (Lipinski definition) is 2. The normalized spacial score (nSPS) is 11.6. The number of nitrogens with two attached hydrogens (primary N) is 1. The molecule has 0 saturated carbocycles. The highest BCUT2D eigenvalue weighted by Crippen LogP contribution is 2.18. The van der Waals surface area contributed by atoms with Crippen molar-refractivity contribution >= 4 is 0 Å². The minimum Gasteiger partial charge on any atom is -0.491 e. The molecule has 0 unspecified atom stereocenters. The van der Waals surface area contributed by atoms with Gasteiger partial charge in [-0.2, -0.15) is 0 Å². The van der Waals surface area contributed by atoms with Gasteiger partial charge in [0.25, 0.3) is 0 Å². The Balaban J connectivity index is 2.41. The predicted octanol–water partition coefficient (Wildman–Crippen LogP) is 2.09. The molecule has 0 bridgehead atoms. The molecule has 3 N–H and O–H groups in total. The van der Waals surface area contributed by atoms with Gasteiger partial charge in [0.05, 0.1) is 6.61 Å². The highest BCUT2D eigenvalue weighted by atomic mass is 19.1. The maximum atomic E-state index is 13.6. The van der Waals surface area contributed by atoms with E-state index in [1.54, 1.807) is 6.07 Å². The maximum Gasteiger partial charge on any atom is 0.165 e. The molecule has 0 aromatic heterocycles. The Morgan fingerprint density at radius 2 is 2.11 bits per heavy atom. The number of nitrogens with one attached hydrogen (secondary N) is 1. The van der Waals surface area contributed by atoms with E-state index in [-0.39, 0.29) is 11.4 Å². The SMILES string of the molecule is CCOc1ccc(CCNCC(C)(C)N)cc1F. The van der Waals surface area contributed by atoms with Crippen LogP contribution in [0.2, 0.25) is 0 Å². The Kier molecular flexibility index (Phi) is 5.56. The first-order chi connectivity index (χ1) is 8.42. The Morgan fingerprint density at radius 1 is 1.39 bits per heavy atom. The van der Waals surface area contributed by atoms with Crippen LogP contribution >= 0.6 is 0 Å². The summed E-state index contributed by atoms with van der Waals surface area (Å²) in [5.74, 6) is 0.0193. The van der Waals surface area contributed by atoms with Gasteiger partial charge in [0, 0.05) is 12.1 Å². The van der Waals surface area contributed by atoms with Gasteiger partial charge in [0.2, 0.25) is 0 Å². The summed E-state index contributed by atoms with van der Waals surface area (Å²) in [6.07, 6.45) is 0.777. The maximum absolute atomic E-state index is 13.6.